The fourth-order valence-electron chi connectivity index (χ4n) is 11.9. The van der Waals surface area contributed by atoms with Crippen molar-refractivity contribution in [2.75, 3.05) is 39.6 Å². The summed E-state index contributed by atoms with van der Waals surface area (Å²) in [5.74, 6) is 0.940. The zero-order chi connectivity index (χ0) is 71.7. The van der Waals surface area contributed by atoms with Gasteiger partial charge in [-0.3, -0.25) is 37.3 Å². The predicted octanol–water partition coefficient (Wildman–Crippen LogP) is 22.8. The van der Waals surface area contributed by atoms with Crippen molar-refractivity contribution in [3.63, 3.8) is 0 Å². The van der Waals surface area contributed by atoms with E-state index < -0.39 is 97.5 Å². The maximum absolute atomic E-state index is 13.1. The Morgan fingerprint density at radius 2 is 0.433 bits per heavy atom. The molecule has 0 aliphatic heterocycles. The molecule has 0 saturated carbocycles. The minimum Gasteiger partial charge on any atom is -0.462 e. The van der Waals surface area contributed by atoms with Crippen LogP contribution in [-0.2, 0) is 65.4 Å². The van der Waals surface area contributed by atoms with Gasteiger partial charge >= 0.3 is 39.5 Å². The zero-order valence-corrected chi connectivity index (χ0v) is 65.5. The molecule has 3 unspecified atom stereocenters. The van der Waals surface area contributed by atoms with Gasteiger partial charge in [-0.15, -0.1) is 0 Å². The summed E-state index contributed by atoms with van der Waals surface area (Å²) in [5.41, 5.74) is 0. The summed E-state index contributed by atoms with van der Waals surface area (Å²) in [4.78, 5) is 72.9. The van der Waals surface area contributed by atoms with E-state index in [0.29, 0.717) is 31.6 Å². The summed E-state index contributed by atoms with van der Waals surface area (Å²) in [7, 11) is -9.92. The lowest BCUT2D eigenvalue weighted by Crippen LogP contribution is -2.30. The van der Waals surface area contributed by atoms with Gasteiger partial charge in [-0.05, 0) is 49.4 Å². The van der Waals surface area contributed by atoms with Gasteiger partial charge in [-0.2, -0.15) is 0 Å². The number of ether oxygens (including phenoxy) is 4. The van der Waals surface area contributed by atoms with E-state index in [1.807, 2.05) is 0 Å². The van der Waals surface area contributed by atoms with E-state index in [2.05, 4.69) is 55.4 Å². The van der Waals surface area contributed by atoms with Crippen LogP contribution in [0.1, 0.15) is 396 Å². The molecule has 0 bridgehead atoms. The standard InChI is InChI=1S/C78H152O17P2/c1-68(2)54-46-38-30-23-17-12-9-10-14-20-27-35-44-52-60-78(83)95-74(65-89-76(81)59-51-43-37-29-33-41-49-57-71(7)8)67-93-97(86,87)91-63-72(79)62-90-96(84,85)92-66-73(64-88-75(80)58-50-42-34-26-22-16-19-25-32-40-48-56-70(5)6)94-77(82)61-53-45-36-28-21-15-11-13-18-24-31-39-47-55-69(3)4/h68-74,79H,9-67H2,1-8H3,(H,84,85)(H,86,87)/t72?,73-,74-/m1/s1. The topological polar surface area (TPSA) is 237 Å². The second-order valence-electron chi connectivity index (χ2n) is 30.0. The highest BCUT2D eigenvalue weighted by atomic mass is 31.2. The Kier molecular flexibility index (Phi) is 65.9. The average molecular weight is 1420 g/mol. The van der Waals surface area contributed by atoms with Gasteiger partial charge in [0.15, 0.2) is 12.2 Å². The minimum atomic E-state index is -4.96. The molecule has 3 N–H and O–H groups in total. The van der Waals surface area contributed by atoms with Gasteiger partial charge < -0.3 is 33.8 Å². The zero-order valence-electron chi connectivity index (χ0n) is 63.7. The number of rotatable bonds is 75. The van der Waals surface area contributed by atoms with Crippen LogP contribution in [-0.4, -0.2) is 96.7 Å². The lowest BCUT2D eigenvalue weighted by atomic mass is 10.0. The van der Waals surface area contributed by atoms with E-state index in [4.69, 9.17) is 37.0 Å². The molecule has 5 atom stereocenters. The van der Waals surface area contributed by atoms with Gasteiger partial charge in [0.05, 0.1) is 26.4 Å². The van der Waals surface area contributed by atoms with E-state index in [1.54, 1.807) is 0 Å². The molecule has 0 fully saturated rings. The molecule has 0 heterocycles. The van der Waals surface area contributed by atoms with Crippen molar-refractivity contribution < 1.29 is 80.2 Å². The SMILES string of the molecule is CC(C)CCCCCCCCCCCCCCCCC(=O)O[C@H](COC(=O)CCCCCCCCCC(C)C)COP(=O)(O)OCC(O)COP(=O)(O)OC[C@@H](COC(=O)CCCCCCCCCCCCCC(C)C)OC(=O)CCCCCCCCCCCCCCCC(C)C. The quantitative estimate of drug-likeness (QED) is 0.0222. The molecule has 0 rings (SSSR count). The van der Waals surface area contributed by atoms with Gasteiger partial charge in [-0.25, -0.2) is 9.13 Å². The Balaban J connectivity index is 5.25. The molecule has 0 radical (unpaired) electrons. The molecular formula is C78H152O17P2. The lowest BCUT2D eigenvalue weighted by molar-refractivity contribution is -0.161. The number of aliphatic hydroxyl groups excluding tert-OH is 1. The van der Waals surface area contributed by atoms with Gasteiger partial charge in [0.1, 0.15) is 19.3 Å². The Morgan fingerprint density at radius 3 is 0.639 bits per heavy atom. The van der Waals surface area contributed by atoms with Crippen molar-refractivity contribution in [3.05, 3.63) is 0 Å². The Morgan fingerprint density at radius 1 is 0.258 bits per heavy atom. The summed E-state index contributed by atoms with van der Waals surface area (Å²) in [6, 6.07) is 0. The first-order valence-corrected chi connectivity index (χ1v) is 43.2. The largest absolute Gasteiger partial charge is 0.472 e. The molecule has 17 nitrogen and oxygen atoms in total. The summed E-state index contributed by atoms with van der Waals surface area (Å²) >= 11 is 0. The van der Waals surface area contributed by atoms with E-state index in [1.165, 1.54) is 193 Å². The van der Waals surface area contributed by atoms with E-state index in [9.17, 15) is 43.2 Å². The fourth-order valence-corrected chi connectivity index (χ4v) is 13.5. The van der Waals surface area contributed by atoms with E-state index in [0.717, 1.165) is 114 Å². The molecular weight excluding hydrogens is 1270 g/mol. The number of carbonyl (C=O) groups excluding carboxylic acids is 4. The summed E-state index contributed by atoms with van der Waals surface area (Å²) in [6.07, 6.45) is 52.7. The van der Waals surface area contributed by atoms with Gasteiger partial charge in [-0.1, -0.05) is 344 Å². The molecule has 0 aromatic heterocycles. The lowest BCUT2D eigenvalue weighted by Gasteiger charge is -2.21. The van der Waals surface area contributed by atoms with E-state index >= 15 is 0 Å². The fraction of sp³-hybridized carbons (Fsp3) is 0.949. The van der Waals surface area contributed by atoms with Crippen LogP contribution in [0.25, 0.3) is 0 Å². The van der Waals surface area contributed by atoms with Crippen LogP contribution < -0.4 is 0 Å². The average Bonchev–Trinajstić information content (AvgIpc) is 1.33. The molecule has 0 aromatic rings. The maximum Gasteiger partial charge on any atom is 0.472 e. The Bertz CT molecular complexity index is 1900. The van der Waals surface area contributed by atoms with Crippen LogP contribution in [0.5, 0.6) is 0 Å². The highest BCUT2D eigenvalue weighted by molar-refractivity contribution is 7.47. The number of hydrogen-bond acceptors (Lipinski definition) is 15. The van der Waals surface area contributed by atoms with Crippen LogP contribution in [0.3, 0.4) is 0 Å². The number of hydrogen-bond donors (Lipinski definition) is 3. The Labute approximate surface area is 594 Å². The molecule has 19 heteroatoms. The molecule has 0 aromatic carbocycles. The third-order valence-electron chi connectivity index (χ3n) is 18.1. The third-order valence-corrected chi connectivity index (χ3v) is 20.0. The van der Waals surface area contributed by atoms with Gasteiger partial charge in [0.25, 0.3) is 0 Å². The molecule has 0 saturated heterocycles. The number of unbranched alkanes of at least 4 members (excludes halogenated alkanes) is 41. The first-order chi connectivity index (χ1) is 46.6. The van der Waals surface area contributed by atoms with Crippen molar-refractivity contribution >= 4 is 39.5 Å². The minimum absolute atomic E-state index is 0.106. The van der Waals surface area contributed by atoms with Crippen molar-refractivity contribution in [2.45, 2.75) is 414 Å². The number of phosphoric ester groups is 2. The maximum atomic E-state index is 13.1. The monoisotopic (exact) mass is 1420 g/mol. The van der Waals surface area contributed by atoms with Crippen molar-refractivity contribution in [3.8, 4) is 0 Å². The molecule has 576 valence electrons. The smallest absolute Gasteiger partial charge is 0.462 e. The van der Waals surface area contributed by atoms with E-state index in [-0.39, 0.29) is 25.7 Å². The predicted molar refractivity (Wildman–Crippen MR) is 395 cm³/mol. The number of phosphoric acid groups is 2. The normalized spacial score (nSPS) is 14.1. The molecule has 0 aliphatic rings. The summed E-state index contributed by atoms with van der Waals surface area (Å²) in [6.45, 7) is 14.2. The highest BCUT2D eigenvalue weighted by Gasteiger charge is 2.30. The van der Waals surface area contributed by atoms with Gasteiger partial charge in [0, 0.05) is 25.7 Å². The van der Waals surface area contributed by atoms with Crippen molar-refractivity contribution in [1.29, 1.82) is 0 Å². The van der Waals surface area contributed by atoms with Crippen LogP contribution in [0, 0.1) is 23.7 Å². The number of esters is 4. The number of aliphatic hydroxyl groups is 1. The van der Waals surface area contributed by atoms with Crippen molar-refractivity contribution in [1.82, 2.24) is 0 Å². The molecule has 0 spiro atoms. The molecule has 97 heavy (non-hydrogen) atoms. The van der Waals surface area contributed by atoms with Crippen LogP contribution in [0.15, 0.2) is 0 Å². The highest BCUT2D eigenvalue weighted by Crippen LogP contribution is 2.45. The van der Waals surface area contributed by atoms with Crippen LogP contribution >= 0.6 is 15.6 Å². The second kappa shape index (κ2) is 67.2. The Hall–Kier alpha value is -1.94. The van der Waals surface area contributed by atoms with Crippen molar-refractivity contribution in [2.24, 2.45) is 23.7 Å². The first kappa shape index (κ1) is 95.1. The second-order valence-corrected chi connectivity index (χ2v) is 32.9. The summed E-state index contributed by atoms with van der Waals surface area (Å²) < 4.78 is 68.6. The first-order valence-electron chi connectivity index (χ1n) is 40.2. The van der Waals surface area contributed by atoms with Crippen LogP contribution in [0.4, 0.5) is 0 Å². The molecule has 0 aliphatic carbocycles. The third kappa shape index (κ3) is 72.2. The van der Waals surface area contributed by atoms with Gasteiger partial charge in [0.2, 0.25) is 0 Å². The summed E-state index contributed by atoms with van der Waals surface area (Å²) in [5, 5.41) is 10.6. The van der Waals surface area contributed by atoms with Crippen LogP contribution in [0.2, 0.25) is 0 Å². The molecule has 0 amide bonds. The number of carbonyl (C=O) groups is 4.